The predicted molar refractivity (Wildman–Crippen MR) is 135 cm³/mol. The van der Waals surface area contributed by atoms with Crippen molar-refractivity contribution >= 4 is 22.8 Å². The van der Waals surface area contributed by atoms with Gasteiger partial charge in [0.05, 0.1) is 43.1 Å². The van der Waals surface area contributed by atoms with E-state index in [1.165, 1.54) is 0 Å². The SMILES string of the molecule is CC1CN(c2nc(N3CCOCC3)c3ccc(-c4ccc(OCCCO)cc4)nc3n2)CC(C)O1. The van der Waals surface area contributed by atoms with Crippen molar-refractivity contribution < 1.29 is 19.3 Å². The summed E-state index contributed by atoms with van der Waals surface area (Å²) in [7, 11) is 0. The Balaban J connectivity index is 1.50. The second-order valence-corrected chi connectivity index (χ2v) is 9.13. The number of hydrogen-bond acceptors (Lipinski definition) is 9. The van der Waals surface area contributed by atoms with E-state index in [0.29, 0.717) is 37.8 Å². The van der Waals surface area contributed by atoms with Crippen LogP contribution in [0.4, 0.5) is 11.8 Å². The highest BCUT2D eigenvalue weighted by Crippen LogP contribution is 2.30. The summed E-state index contributed by atoms with van der Waals surface area (Å²) in [6.45, 7) is 9.23. The summed E-state index contributed by atoms with van der Waals surface area (Å²) in [5.41, 5.74) is 2.52. The molecular formula is C26H33N5O4. The zero-order valence-electron chi connectivity index (χ0n) is 20.4. The molecule has 2 aliphatic heterocycles. The molecule has 186 valence electrons. The lowest BCUT2D eigenvalue weighted by atomic mass is 10.1. The Morgan fingerprint density at radius 2 is 1.69 bits per heavy atom. The van der Waals surface area contributed by atoms with E-state index in [1.54, 1.807) is 0 Å². The van der Waals surface area contributed by atoms with Gasteiger partial charge in [0.1, 0.15) is 11.6 Å². The number of pyridine rings is 1. The van der Waals surface area contributed by atoms with Gasteiger partial charge >= 0.3 is 0 Å². The molecule has 5 rings (SSSR count). The number of anilines is 2. The van der Waals surface area contributed by atoms with Gasteiger partial charge in [0, 0.05) is 44.8 Å². The van der Waals surface area contributed by atoms with E-state index in [4.69, 9.17) is 34.3 Å². The zero-order chi connectivity index (χ0) is 24.2. The van der Waals surface area contributed by atoms with Gasteiger partial charge in [-0.05, 0) is 50.2 Å². The number of ether oxygens (including phenoxy) is 3. The van der Waals surface area contributed by atoms with Crippen LogP contribution in [0.25, 0.3) is 22.3 Å². The highest BCUT2D eigenvalue weighted by Gasteiger charge is 2.26. The number of nitrogens with zero attached hydrogens (tertiary/aromatic N) is 5. The highest BCUT2D eigenvalue weighted by molar-refractivity contribution is 5.90. The third-order valence-corrected chi connectivity index (χ3v) is 6.26. The molecule has 1 aromatic carbocycles. The van der Waals surface area contributed by atoms with E-state index in [0.717, 1.165) is 54.4 Å². The third kappa shape index (κ3) is 5.47. The first-order valence-corrected chi connectivity index (χ1v) is 12.4. The molecule has 0 aliphatic carbocycles. The smallest absolute Gasteiger partial charge is 0.229 e. The Morgan fingerprint density at radius 3 is 2.40 bits per heavy atom. The monoisotopic (exact) mass is 479 g/mol. The number of aromatic nitrogens is 3. The summed E-state index contributed by atoms with van der Waals surface area (Å²) >= 11 is 0. The maximum atomic E-state index is 8.94. The minimum atomic E-state index is 0.113. The molecule has 2 aliphatic rings. The maximum absolute atomic E-state index is 8.94. The fraction of sp³-hybridized carbons (Fsp3) is 0.500. The molecule has 0 saturated carbocycles. The molecule has 2 atom stereocenters. The zero-order valence-corrected chi connectivity index (χ0v) is 20.4. The molecule has 0 bridgehead atoms. The summed E-state index contributed by atoms with van der Waals surface area (Å²) in [6, 6.07) is 12.0. The maximum Gasteiger partial charge on any atom is 0.229 e. The largest absolute Gasteiger partial charge is 0.494 e. The second-order valence-electron chi connectivity index (χ2n) is 9.13. The summed E-state index contributed by atoms with van der Waals surface area (Å²) in [4.78, 5) is 19.4. The summed E-state index contributed by atoms with van der Waals surface area (Å²) < 4.78 is 17.2. The Morgan fingerprint density at radius 1 is 0.943 bits per heavy atom. The molecule has 9 nitrogen and oxygen atoms in total. The van der Waals surface area contributed by atoms with Crippen LogP contribution in [0.3, 0.4) is 0 Å². The average molecular weight is 480 g/mol. The van der Waals surface area contributed by atoms with Gasteiger partial charge in [-0.2, -0.15) is 9.97 Å². The number of aliphatic hydroxyl groups excluding tert-OH is 1. The van der Waals surface area contributed by atoms with Crippen LogP contribution in [0.2, 0.25) is 0 Å². The van der Waals surface area contributed by atoms with Crippen LogP contribution in [0.15, 0.2) is 36.4 Å². The van der Waals surface area contributed by atoms with Crippen LogP contribution in [0.5, 0.6) is 5.75 Å². The molecule has 2 unspecified atom stereocenters. The normalized spacial score (nSPS) is 20.9. The fourth-order valence-corrected chi connectivity index (χ4v) is 4.62. The number of rotatable bonds is 7. The van der Waals surface area contributed by atoms with Gasteiger partial charge in [-0.15, -0.1) is 0 Å². The Bertz CT molecular complexity index is 1130. The van der Waals surface area contributed by atoms with Gasteiger partial charge in [-0.25, -0.2) is 4.98 Å². The molecular weight excluding hydrogens is 446 g/mol. The molecule has 0 spiro atoms. The molecule has 2 saturated heterocycles. The van der Waals surface area contributed by atoms with Crippen molar-refractivity contribution in [2.24, 2.45) is 0 Å². The van der Waals surface area contributed by atoms with Gasteiger partial charge in [0.25, 0.3) is 0 Å². The first kappa shape index (κ1) is 23.7. The molecule has 0 amide bonds. The topological polar surface area (TPSA) is 93.1 Å². The molecule has 35 heavy (non-hydrogen) atoms. The van der Waals surface area contributed by atoms with Crippen LogP contribution in [-0.4, -0.2) is 84.9 Å². The first-order valence-electron chi connectivity index (χ1n) is 12.4. The standard InChI is InChI=1S/C26H33N5O4/c1-18-16-31(17-19(2)35-18)26-28-24-22(25(29-26)30-10-14-33-15-11-30)8-9-23(27-24)20-4-6-21(7-5-20)34-13-3-12-32/h4-9,18-19,32H,3,10-17H2,1-2H3. The molecule has 4 heterocycles. The molecule has 2 fully saturated rings. The molecule has 0 radical (unpaired) electrons. The Kier molecular flexibility index (Phi) is 7.26. The number of aliphatic hydroxyl groups is 1. The Labute approximate surface area is 205 Å². The predicted octanol–water partition coefficient (Wildman–Crippen LogP) is 2.90. The highest BCUT2D eigenvalue weighted by atomic mass is 16.5. The van der Waals surface area contributed by atoms with E-state index in [2.05, 4.69) is 29.7 Å². The molecule has 2 aromatic heterocycles. The molecule has 9 heteroatoms. The van der Waals surface area contributed by atoms with Gasteiger partial charge in [-0.1, -0.05) is 0 Å². The second kappa shape index (κ2) is 10.7. The number of hydrogen-bond donors (Lipinski definition) is 1. The summed E-state index contributed by atoms with van der Waals surface area (Å²) in [5.74, 6) is 2.38. The average Bonchev–Trinajstić information content (AvgIpc) is 2.88. The number of morpholine rings is 2. The van der Waals surface area contributed by atoms with Crippen LogP contribution in [-0.2, 0) is 9.47 Å². The fourth-order valence-electron chi connectivity index (χ4n) is 4.62. The van der Waals surface area contributed by atoms with Crippen molar-refractivity contribution in [2.45, 2.75) is 32.5 Å². The molecule has 3 aromatic rings. The number of fused-ring (bicyclic) bond motifs is 1. The van der Waals surface area contributed by atoms with E-state index >= 15 is 0 Å². The minimum Gasteiger partial charge on any atom is -0.494 e. The van der Waals surface area contributed by atoms with Crippen molar-refractivity contribution in [1.82, 2.24) is 15.0 Å². The van der Waals surface area contributed by atoms with Crippen molar-refractivity contribution in [3.8, 4) is 17.0 Å². The molecule has 1 N–H and O–H groups in total. The van der Waals surface area contributed by atoms with Crippen LogP contribution in [0.1, 0.15) is 20.3 Å². The van der Waals surface area contributed by atoms with E-state index < -0.39 is 0 Å². The van der Waals surface area contributed by atoms with E-state index in [-0.39, 0.29) is 18.8 Å². The van der Waals surface area contributed by atoms with E-state index in [1.807, 2.05) is 30.3 Å². The van der Waals surface area contributed by atoms with Gasteiger partial charge in [0.15, 0.2) is 5.65 Å². The third-order valence-electron chi connectivity index (χ3n) is 6.26. The summed E-state index contributed by atoms with van der Waals surface area (Å²) in [6.07, 6.45) is 0.840. The quantitative estimate of drug-likeness (QED) is 0.514. The lowest BCUT2D eigenvalue weighted by Crippen LogP contribution is -2.46. The van der Waals surface area contributed by atoms with Gasteiger partial charge in [0.2, 0.25) is 5.95 Å². The van der Waals surface area contributed by atoms with Crippen LogP contribution >= 0.6 is 0 Å². The van der Waals surface area contributed by atoms with Gasteiger partial charge < -0.3 is 29.1 Å². The lowest BCUT2D eigenvalue weighted by Gasteiger charge is -2.36. The Hall–Kier alpha value is -3.01. The van der Waals surface area contributed by atoms with Crippen molar-refractivity contribution in [1.29, 1.82) is 0 Å². The summed E-state index contributed by atoms with van der Waals surface area (Å²) in [5, 5.41) is 9.88. The van der Waals surface area contributed by atoms with Crippen molar-refractivity contribution in [3.05, 3.63) is 36.4 Å². The number of benzene rings is 1. The lowest BCUT2D eigenvalue weighted by molar-refractivity contribution is -0.00570. The minimum absolute atomic E-state index is 0.113. The van der Waals surface area contributed by atoms with Crippen LogP contribution in [0, 0.1) is 0 Å². The van der Waals surface area contributed by atoms with E-state index in [9.17, 15) is 0 Å². The van der Waals surface area contributed by atoms with Crippen molar-refractivity contribution in [2.75, 3.05) is 62.4 Å². The van der Waals surface area contributed by atoms with Gasteiger partial charge in [-0.3, -0.25) is 0 Å². The van der Waals surface area contributed by atoms with Crippen LogP contribution < -0.4 is 14.5 Å². The first-order chi connectivity index (χ1) is 17.1. The van der Waals surface area contributed by atoms with Crippen molar-refractivity contribution in [3.63, 3.8) is 0 Å².